The van der Waals surface area contributed by atoms with E-state index < -0.39 is 5.41 Å². The molecular weight excluding hydrogens is 368 g/mol. The van der Waals surface area contributed by atoms with E-state index in [4.69, 9.17) is 9.47 Å². The molecule has 3 aromatic rings. The van der Waals surface area contributed by atoms with Gasteiger partial charge in [-0.05, 0) is 55.0 Å². The number of aromatic amines is 1. The van der Waals surface area contributed by atoms with Gasteiger partial charge in [0.1, 0.15) is 5.82 Å². The Bertz CT molecular complexity index is 1140. The number of aromatic nitrogens is 3. The summed E-state index contributed by atoms with van der Waals surface area (Å²) in [6.45, 7) is 5.76. The molecule has 29 heavy (non-hydrogen) atoms. The lowest BCUT2D eigenvalue weighted by Crippen LogP contribution is -2.25. The van der Waals surface area contributed by atoms with Crippen LogP contribution >= 0.6 is 0 Å². The number of methoxy groups -OCH3 is 2. The van der Waals surface area contributed by atoms with Gasteiger partial charge in [0, 0.05) is 17.5 Å². The summed E-state index contributed by atoms with van der Waals surface area (Å²) in [6.07, 6.45) is 0.928. The van der Waals surface area contributed by atoms with Crippen molar-refractivity contribution in [2.45, 2.75) is 39.0 Å². The van der Waals surface area contributed by atoms with E-state index >= 15 is 0 Å². The molecule has 0 aliphatic heterocycles. The van der Waals surface area contributed by atoms with Gasteiger partial charge in [-0.15, -0.1) is 0 Å². The molecule has 2 aromatic heterocycles. The number of fused-ring (bicyclic) bond motifs is 1. The summed E-state index contributed by atoms with van der Waals surface area (Å²) in [5.41, 5.74) is 2.22. The highest BCUT2D eigenvalue weighted by atomic mass is 16.5. The van der Waals surface area contributed by atoms with Crippen LogP contribution in [0.5, 0.6) is 11.8 Å². The molecule has 0 radical (unpaired) electrons. The fraction of sp³-hybridized carbons (Fsp3) is 0.364. The molecule has 1 atom stereocenters. The summed E-state index contributed by atoms with van der Waals surface area (Å²) in [4.78, 5) is 23.9. The number of aryl methyl sites for hydroxylation is 2. The fourth-order valence-electron chi connectivity index (χ4n) is 3.52. The third kappa shape index (κ3) is 3.92. The van der Waals surface area contributed by atoms with E-state index in [2.05, 4.69) is 21.0 Å². The van der Waals surface area contributed by atoms with E-state index in [1.54, 1.807) is 6.07 Å². The summed E-state index contributed by atoms with van der Waals surface area (Å²) in [6, 6.07) is 9.79. The number of nitrogens with one attached hydrogen (secondary N) is 1. The first kappa shape index (κ1) is 20.3. The first-order valence-electron chi connectivity index (χ1n) is 9.37. The van der Waals surface area contributed by atoms with E-state index in [-0.39, 0.29) is 12.0 Å². The van der Waals surface area contributed by atoms with Gasteiger partial charge in [-0.2, -0.15) is 15.2 Å². The maximum absolute atomic E-state index is 12.2. The Hall–Kier alpha value is -3.40. The largest absolute Gasteiger partial charge is 0.481 e. The van der Waals surface area contributed by atoms with Gasteiger partial charge in [0.05, 0.1) is 31.8 Å². The van der Waals surface area contributed by atoms with E-state index in [1.165, 1.54) is 14.2 Å². The van der Waals surface area contributed by atoms with Crippen molar-refractivity contribution in [3.05, 3.63) is 57.1 Å². The zero-order valence-corrected chi connectivity index (χ0v) is 17.3. The van der Waals surface area contributed by atoms with Crippen LogP contribution in [0.25, 0.3) is 10.9 Å². The molecule has 1 unspecified atom stereocenters. The number of nitriles is 1. The minimum Gasteiger partial charge on any atom is -0.481 e. The molecule has 1 N–H and O–H groups in total. The Labute approximate surface area is 169 Å². The van der Waals surface area contributed by atoms with E-state index in [0.29, 0.717) is 29.5 Å². The van der Waals surface area contributed by atoms with Crippen LogP contribution < -0.4 is 15.0 Å². The Morgan fingerprint density at radius 3 is 2.34 bits per heavy atom. The summed E-state index contributed by atoms with van der Waals surface area (Å²) in [5.74, 6) is 1.19. The molecule has 3 rings (SSSR count). The second-order valence-electron chi connectivity index (χ2n) is 7.22. The third-order valence-electron chi connectivity index (χ3n) is 5.14. The van der Waals surface area contributed by atoms with Crippen molar-refractivity contribution in [3.63, 3.8) is 0 Å². The first-order chi connectivity index (χ1) is 13.8. The SMILES string of the molecule is CCc1cc2cc(C)c(C(C)(C#N)Cc3nc(OC)cc(OC)n3)cc2[nH]c1=O. The maximum atomic E-state index is 12.2. The van der Waals surface area contributed by atoms with Gasteiger partial charge >= 0.3 is 0 Å². The molecule has 0 fully saturated rings. The lowest BCUT2D eigenvalue weighted by Gasteiger charge is -2.24. The highest BCUT2D eigenvalue weighted by Crippen LogP contribution is 2.32. The van der Waals surface area contributed by atoms with Crippen LogP contribution in [0.2, 0.25) is 0 Å². The number of nitrogens with zero attached hydrogens (tertiary/aromatic N) is 3. The zero-order chi connectivity index (χ0) is 21.2. The van der Waals surface area contributed by atoms with Crippen molar-refractivity contribution in [1.82, 2.24) is 15.0 Å². The average Bonchev–Trinajstić information content (AvgIpc) is 2.72. The molecule has 0 aliphatic rings. The lowest BCUT2D eigenvalue weighted by atomic mass is 9.78. The van der Waals surface area contributed by atoms with Gasteiger partial charge in [-0.1, -0.05) is 6.92 Å². The molecule has 2 heterocycles. The van der Waals surface area contributed by atoms with Crippen molar-refractivity contribution in [2.24, 2.45) is 0 Å². The third-order valence-corrected chi connectivity index (χ3v) is 5.14. The van der Waals surface area contributed by atoms with E-state index in [9.17, 15) is 10.1 Å². The number of pyridine rings is 1. The van der Waals surface area contributed by atoms with Crippen LogP contribution in [-0.4, -0.2) is 29.2 Å². The number of rotatable bonds is 6. The van der Waals surface area contributed by atoms with Gasteiger partial charge in [0.2, 0.25) is 11.8 Å². The van der Waals surface area contributed by atoms with Crippen LogP contribution in [0.1, 0.15) is 36.4 Å². The molecule has 0 aliphatic carbocycles. The normalized spacial score (nSPS) is 13.0. The molecule has 0 saturated heterocycles. The van der Waals surface area contributed by atoms with Crippen LogP contribution in [0.15, 0.2) is 29.1 Å². The van der Waals surface area contributed by atoms with Crippen molar-refractivity contribution >= 4 is 10.9 Å². The summed E-state index contributed by atoms with van der Waals surface area (Å²) in [5, 5.41) is 11.0. The highest BCUT2D eigenvalue weighted by molar-refractivity contribution is 5.81. The van der Waals surface area contributed by atoms with E-state index in [0.717, 1.165) is 22.1 Å². The number of H-pyrrole nitrogens is 1. The molecule has 7 nitrogen and oxygen atoms in total. The van der Waals surface area contributed by atoms with Crippen molar-refractivity contribution < 1.29 is 9.47 Å². The quantitative estimate of drug-likeness (QED) is 0.691. The Morgan fingerprint density at radius 1 is 1.14 bits per heavy atom. The number of hydrogen-bond acceptors (Lipinski definition) is 6. The maximum Gasteiger partial charge on any atom is 0.251 e. The zero-order valence-electron chi connectivity index (χ0n) is 17.3. The topological polar surface area (TPSA) is 101 Å². The fourth-order valence-corrected chi connectivity index (χ4v) is 3.52. The minimum atomic E-state index is -0.907. The molecule has 1 aromatic carbocycles. The average molecular weight is 392 g/mol. The van der Waals surface area contributed by atoms with Gasteiger partial charge in [0.25, 0.3) is 5.56 Å². The highest BCUT2D eigenvalue weighted by Gasteiger charge is 2.31. The molecule has 7 heteroatoms. The second-order valence-corrected chi connectivity index (χ2v) is 7.22. The van der Waals surface area contributed by atoms with Crippen molar-refractivity contribution in [3.8, 4) is 17.8 Å². The Kier molecular flexibility index (Phi) is 5.55. The molecule has 0 spiro atoms. The van der Waals surface area contributed by atoms with Gasteiger partial charge in [0.15, 0.2) is 0 Å². The predicted molar refractivity (Wildman–Crippen MR) is 110 cm³/mol. The van der Waals surface area contributed by atoms with Crippen LogP contribution in [0.3, 0.4) is 0 Å². The van der Waals surface area contributed by atoms with Crippen LogP contribution in [0.4, 0.5) is 0 Å². The molecule has 0 amide bonds. The minimum absolute atomic E-state index is 0.102. The summed E-state index contributed by atoms with van der Waals surface area (Å²) < 4.78 is 10.4. The predicted octanol–water partition coefficient (Wildman–Crippen LogP) is 3.23. The lowest BCUT2D eigenvalue weighted by molar-refractivity contribution is 0.366. The molecule has 0 bridgehead atoms. The second kappa shape index (κ2) is 7.92. The van der Waals surface area contributed by atoms with Crippen molar-refractivity contribution in [2.75, 3.05) is 14.2 Å². The summed E-state index contributed by atoms with van der Waals surface area (Å²) >= 11 is 0. The number of ether oxygens (including phenoxy) is 2. The van der Waals surface area contributed by atoms with Gasteiger partial charge in [-0.25, -0.2) is 0 Å². The van der Waals surface area contributed by atoms with Gasteiger partial charge < -0.3 is 14.5 Å². The van der Waals surface area contributed by atoms with E-state index in [1.807, 2.05) is 39.0 Å². The number of hydrogen-bond donors (Lipinski definition) is 1. The molecule has 150 valence electrons. The smallest absolute Gasteiger partial charge is 0.251 e. The Balaban J connectivity index is 2.11. The van der Waals surface area contributed by atoms with Crippen LogP contribution in [-0.2, 0) is 18.3 Å². The molecular formula is C22H24N4O3. The van der Waals surface area contributed by atoms with Crippen molar-refractivity contribution in [1.29, 1.82) is 5.26 Å². The standard InChI is InChI=1S/C22H24N4O3/c1-6-14-8-15-7-13(2)16(9-17(15)24-21(14)27)22(3,12-23)11-18-25-19(28-4)10-20(26-18)29-5/h7-10H,6,11H2,1-5H3,(H,24,27). The summed E-state index contributed by atoms with van der Waals surface area (Å²) in [7, 11) is 3.03. The van der Waals surface area contributed by atoms with Crippen LogP contribution in [0, 0.1) is 18.3 Å². The Morgan fingerprint density at radius 2 is 1.79 bits per heavy atom. The molecule has 0 saturated carbocycles. The first-order valence-corrected chi connectivity index (χ1v) is 9.37. The number of benzene rings is 1. The monoisotopic (exact) mass is 392 g/mol. The van der Waals surface area contributed by atoms with Gasteiger partial charge in [-0.3, -0.25) is 4.79 Å².